The standard InChI is InChI=1S/C31H38N8O2/c1-31(2,3)41-30(40)39-19-13-21(14-20-39)23-9-8-10-24(33-23)26-35-28-25(29(36-26)38-17-6-5-7-18-38)34-27(37(28)4)22-11-15-32-16-12-22/h8-12,15-16,21H,5-7,13-14,17-20H2,1-4H3. The van der Waals surface area contributed by atoms with Crippen molar-refractivity contribution in [2.45, 2.75) is 64.4 Å². The first kappa shape index (κ1) is 27.1. The van der Waals surface area contributed by atoms with Crippen molar-refractivity contribution in [1.29, 1.82) is 0 Å². The molecule has 10 heteroatoms. The Morgan fingerprint density at radius 1 is 0.902 bits per heavy atom. The van der Waals surface area contributed by atoms with Crippen LogP contribution < -0.4 is 4.90 Å². The Morgan fingerprint density at radius 3 is 2.34 bits per heavy atom. The van der Waals surface area contributed by atoms with Crippen molar-refractivity contribution in [3.05, 3.63) is 48.4 Å². The molecule has 6 heterocycles. The van der Waals surface area contributed by atoms with Crippen LogP contribution in [0.5, 0.6) is 0 Å². The van der Waals surface area contributed by atoms with Crippen molar-refractivity contribution in [3.8, 4) is 22.9 Å². The summed E-state index contributed by atoms with van der Waals surface area (Å²) in [6, 6.07) is 10.0. The van der Waals surface area contributed by atoms with Crippen LogP contribution in [0.15, 0.2) is 42.7 Å². The first-order valence-corrected chi connectivity index (χ1v) is 14.6. The summed E-state index contributed by atoms with van der Waals surface area (Å²) in [4.78, 5) is 41.1. The highest BCUT2D eigenvalue weighted by molar-refractivity contribution is 5.88. The Bertz CT molecular complexity index is 1530. The maximum atomic E-state index is 12.5. The van der Waals surface area contributed by atoms with Crippen molar-refractivity contribution in [3.63, 3.8) is 0 Å². The van der Waals surface area contributed by atoms with E-state index in [1.54, 1.807) is 17.3 Å². The van der Waals surface area contributed by atoms with Gasteiger partial charge in [-0.2, -0.15) is 0 Å². The lowest BCUT2D eigenvalue weighted by Crippen LogP contribution is -2.41. The number of fused-ring (bicyclic) bond motifs is 1. The molecule has 10 nitrogen and oxygen atoms in total. The fourth-order valence-electron chi connectivity index (χ4n) is 5.73. The van der Waals surface area contributed by atoms with Gasteiger partial charge in [0.1, 0.15) is 17.1 Å². The van der Waals surface area contributed by atoms with Crippen molar-refractivity contribution in [2.24, 2.45) is 7.05 Å². The second-order valence-corrected chi connectivity index (χ2v) is 12.0. The summed E-state index contributed by atoms with van der Waals surface area (Å²) < 4.78 is 7.61. The number of rotatable bonds is 4. The number of hydrogen-bond donors (Lipinski definition) is 0. The Labute approximate surface area is 240 Å². The molecule has 4 aromatic rings. The van der Waals surface area contributed by atoms with Gasteiger partial charge in [0.15, 0.2) is 22.8 Å². The number of imidazole rings is 1. The van der Waals surface area contributed by atoms with E-state index in [9.17, 15) is 4.79 Å². The summed E-state index contributed by atoms with van der Waals surface area (Å²) in [5.41, 5.74) is 3.87. The van der Waals surface area contributed by atoms with E-state index in [2.05, 4.69) is 16.0 Å². The molecule has 0 aromatic carbocycles. The third-order valence-electron chi connectivity index (χ3n) is 7.86. The predicted octanol–water partition coefficient (Wildman–Crippen LogP) is 5.59. The van der Waals surface area contributed by atoms with Gasteiger partial charge in [0.05, 0.1) is 0 Å². The molecule has 0 unspecified atom stereocenters. The molecule has 0 aliphatic carbocycles. The summed E-state index contributed by atoms with van der Waals surface area (Å²) in [5, 5.41) is 0. The molecule has 0 radical (unpaired) electrons. The van der Waals surface area contributed by atoms with Crippen LogP contribution in [0.4, 0.5) is 10.6 Å². The minimum atomic E-state index is -0.495. The molecule has 2 fully saturated rings. The summed E-state index contributed by atoms with van der Waals surface area (Å²) in [7, 11) is 2.00. The molecular formula is C31H38N8O2. The van der Waals surface area contributed by atoms with Crippen molar-refractivity contribution < 1.29 is 9.53 Å². The number of carbonyl (C=O) groups is 1. The molecule has 0 N–H and O–H groups in total. The second-order valence-electron chi connectivity index (χ2n) is 12.0. The fourth-order valence-corrected chi connectivity index (χ4v) is 5.73. The first-order chi connectivity index (χ1) is 19.8. The largest absolute Gasteiger partial charge is 0.444 e. The summed E-state index contributed by atoms with van der Waals surface area (Å²) >= 11 is 0. The molecule has 2 aliphatic heterocycles. The zero-order chi connectivity index (χ0) is 28.6. The van der Waals surface area contributed by atoms with Gasteiger partial charge >= 0.3 is 6.09 Å². The predicted molar refractivity (Wildman–Crippen MR) is 159 cm³/mol. The minimum Gasteiger partial charge on any atom is -0.444 e. The SMILES string of the molecule is Cn1c(-c2ccncc2)nc2c(N3CCCCC3)nc(-c3cccc(C4CCN(C(=O)OC(C)(C)C)CC4)n3)nc21. The van der Waals surface area contributed by atoms with E-state index in [-0.39, 0.29) is 12.0 Å². The average molecular weight is 555 g/mol. The normalized spacial score (nSPS) is 16.8. The number of aromatic nitrogens is 6. The third kappa shape index (κ3) is 5.73. The Balaban J connectivity index is 1.32. The van der Waals surface area contributed by atoms with Gasteiger partial charge in [0.2, 0.25) is 0 Å². The van der Waals surface area contributed by atoms with Crippen molar-refractivity contribution >= 4 is 23.1 Å². The Kier molecular flexibility index (Phi) is 7.32. The van der Waals surface area contributed by atoms with E-state index in [1.165, 1.54) is 6.42 Å². The molecule has 0 atom stereocenters. The molecule has 214 valence electrons. The molecule has 2 aliphatic rings. The van der Waals surface area contributed by atoms with Gasteiger partial charge in [-0.1, -0.05) is 6.07 Å². The molecular weight excluding hydrogens is 516 g/mol. The lowest BCUT2D eigenvalue weighted by Gasteiger charge is -2.33. The number of amides is 1. The molecule has 1 amide bonds. The van der Waals surface area contributed by atoms with Crippen LogP contribution in [-0.4, -0.2) is 72.3 Å². The number of likely N-dealkylation sites (tertiary alicyclic amines) is 1. The molecule has 0 bridgehead atoms. The number of piperidine rings is 2. The number of anilines is 1. The second kappa shape index (κ2) is 11.1. The number of ether oxygens (including phenoxy) is 1. The lowest BCUT2D eigenvalue weighted by molar-refractivity contribution is 0.0204. The number of carbonyl (C=O) groups excluding carboxylic acids is 1. The van der Waals surface area contributed by atoms with Crippen LogP contribution in [0.3, 0.4) is 0 Å². The zero-order valence-electron chi connectivity index (χ0n) is 24.4. The number of hydrogen-bond acceptors (Lipinski definition) is 8. The fraction of sp³-hybridized carbons (Fsp3) is 0.484. The van der Waals surface area contributed by atoms with Gasteiger partial charge in [-0.15, -0.1) is 0 Å². The van der Waals surface area contributed by atoms with Crippen LogP contribution >= 0.6 is 0 Å². The van der Waals surface area contributed by atoms with Crippen LogP contribution in [0.1, 0.15) is 64.5 Å². The van der Waals surface area contributed by atoms with E-state index < -0.39 is 5.60 Å². The quantitative estimate of drug-likeness (QED) is 0.322. The highest BCUT2D eigenvalue weighted by Gasteiger charge is 2.29. The number of pyridine rings is 2. The third-order valence-corrected chi connectivity index (χ3v) is 7.86. The van der Waals surface area contributed by atoms with Gasteiger partial charge in [0, 0.05) is 62.8 Å². The number of nitrogens with zero attached hydrogens (tertiary/aromatic N) is 8. The molecule has 0 spiro atoms. The monoisotopic (exact) mass is 554 g/mol. The Morgan fingerprint density at radius 2 is 1.63 bits per heavy atom. The molecule has 6 rings (SSSR count). The lowest BCUT2D eigenvalue weighted by atomic mass is 9.93. The molecule has 2 saturated heterocycles. The maximum absolute atomic E-state index is 12.5. The Hall–Kier alpha value is -4.08. The van der Waals surface area contributed by atoms with E-state index in [1.807, 2.05) is 56.7 Å². The van der Waals surface area contributed by atoms with Gasteiger partial charge < -0.3 is 19.1 Å². The van der Waals surface area contributed by atoms with Gasteiger partial charge in [-0.25, -0.2) is 24.7 Å². The van der Waals surface area contributed by atoms with Gasteiger partial charge in [0.25, 0.3) is 0 Å². The first-order valence-electron chi connectivity index (χ1n) is 14.6. The topological polar surface area (TPSA) is 102 Å². The van der Waals surface area contributed by atoms with Crippen LogP contribution in [0.25, 0.3) is 34.1 Å². The summed E-state index contributed by atoms with van der Waals surface area (Å²) in [5.74, 6) is 2.58. The van der Waals surface area contributed by atoms with Gasteiger partial charge in [-0.05, 0) is 77.1 Å². The van der Waals surface area contributed by atoms with Crippen molar-refractivity contribution in [1.82, 2.24) is 34.4 Å². The highest BCUT2D eigenvalue weighted by Crippen LogP contribution is 2.33. The van der Waals surface area contributed by atoms with E-state index in [0.29, 0.717) is 18.9 Å². The number of aryl methyl sites for hydroxylation is 1. The van der Waals surface area contributed by atoms with Crippen LogP contribution in [0.2, 0.25) is 0 Å². The van der Waals surface area contributed by atoms with Crippen LogP contribution in [-0.2, 0) is 11.8 Å². The summed E-state index contributed by atoms with van der Waals surface area (Å²) in [6.45, 7) is 8.91. The maximum Gasteiger partial charge on any atom is 0.410 e. The molecule has 0 saturated carbocycles. The molecule has 41 heavy (non-hydrogen) atoms. The minimum absolute atomic E-state index is 0.244. The zero-order valence-corrected chi connectivity index (χ0v) is 24.4. The van der Waals surface area contributed by atoms with Gasteiger partial charge in [-0.3, -0.25) is 4.98 Å². The average Bonchev–Trinajstić information content (AvgIpc) is 3.33. The van der Waals surface area contributed by atoms with Crippen molar-refractivity contribution in [2.75, 3.05) is 31.1 Å². The van der Waals surface area contributed by atoms with E-state index in [4.69, 9.17) is 24.7 Å². The van der Waals surface area contributed by atoms with Crippen LogP contribution in [0, 0.1) is 0 Å². The summed E-state index contributed by atoms with van der Waals surface area (Å²) in [6.07, 6.45) is 8.51. The molecule has 4 aromatic heterocycles. The smallest absolute Gasteiger partial charge is 0.410 e. The van der Waals surface area contributed by atoms with E-state index >= 15 is 0 Å². The van der Waals surface area contributed by atoms with E-state index in [0.717, 1.165) is 78.5 Å². The highest BCUT2D eigenvalue weighted by atomic mass is 16.6.